The van der Waals surface area contributed by atoms with E-state index >= 15 is 0 Å². The average molecular weight is 278 g/mol. The standard InChI is InChI=1S/C12H12ClN5O/c1-14-11-5-8(4-10(13)18-11)12(19)16-6-9-2-3-15-7-17-9/h2-5,7H,6H2,1H3,(H,14,18)(H,16,19). The highest BCUT2D eigenvalue weighted by molar-refractivity contribution is 6.29. The molecule has 2 N–H and O–H groups in total. The van der Waals surface area contributed by atoms with Crippen molar-refractivity contribution in [3.05, 3.63) is 47.1 Å². The fourth-order valence-electron chi connectivity index (χ4n) is 1.45. The monoisotopic (exact) mass is 277 g/mol. The molecule has 2 rings (SSSR count). The minimum Gasteiger partial charge on any atom is -0.373 e. The van der Waals surface area contributed by atoms with Gasteiger partial charge in [0.2, 0.25) is 0 Å². The van der Waals surface area contributed by atoms with Crippen molar-refractivity contribution in [2.75, 3.05) is 12.4 Å². The Morgan fingerprint density at radius 1 is 1.42 bits per heavy atom. The molecule has 0 bridgehead atoms. The van der Waals surface area contributed by atoms with Gasteiger partial charge in [-0.15, -0.1) is 0 Å². The number of pyridine rings is 1. The predicted octanol–water partition coefficient (Wildman–Crippen LogP) is 1.50. The van der Waals surface area contributed by atoms with Crippen molar-refractivity contribution >= 4 is 23.3 Å². The summed E-state index contributed by atoms with van der Waals surface area (Å²) in [6, 6.07) is 4.87. The number of anilines is 1. The Balaban J connectivity index is 2.06. The number of rotatable bonds is 4. The molecule has 7 heteroatoms. The molecule has 0 unspecified atom stereocenters. The van der Waals surface area contributed by atoms with Crippen molar-refractivity contribution < 1.29 is 4.79 Å². The van der Waals surface area contributed by atoms with Crippen LogP contribution in [-0.4, -0.2) is 27.9 Å². The zero-order valence-corrected chi connectivity index (χ0v) is 11.0. The quantitative estimate of drug-likeness (QED) is 0.828. The van der Waals surface area contributed by atoms with Crippen LogP contribution >= 0.6 is 11.6 Å². The molecule has 98 valence electrons. The van der Waals surface area contributed by atoms with Gasteiger partial charge in [-0.05, 0) is 18.2 Å². The van der Waals surface area contributed by atoms with Gasteiger partial charge in [0.1, 0.15) is 17.3 Å². The number of hydrogen-bond acceptors (Lipinski definition) is 5. The molecule has 0 atom stereocenters. The van der Waals surface area contributed by atoms with Gasteiger partial charge in [0.05, 0.1) is 12.2 Å². The molecule has 0 aliphatic carbocycles. The summed E-state index contributed by atoms with van der Waals surface area (Å²) < 4.78 is 0. The molecule has 0 aliphatic rings. The summed E-state index contributed by atoms with van der Waals surface area (Å²) in [5.41, 5.74) is 1.18. The molecule has 0 aliphatic heterocycles. The highest BCUT2D eigenvalue weighted by atomic mass is 35.5. The van der Waals surface area contributed by atoms with Crippen LogP contribution in [0.2, 0.25) is 5.15 Å². The summed E-state index contributed by atoms with van der Waals surface area (Å²) in [6.45, 7) is 0.330. The van der Waals surface area contributed by atoms with E-state index in [2.05, 4.69) is 25.6 Å². The van der Waals surface area contributed by atoms with Gasteiger partial charge >= 0.3 is 0 Å². The number of carbonyl (C=O) groups is 1. The number of hydrogen-bond donors (Lipinski definition) is 2. The summed E-state index contributed by atoms with van der Waals surface area (Å²) >= 11 is 5.84. The lowest BCUT2D eigenvalue weighted by Crippen LogP contribution is -2.23. The molecule has 0 saturated carbocycles. The molecule has 2 aromatic heterocycles. The van der Waals surface area contributed by atoms with Gasteiger partial charge in [0.25, 0.3) is 5.91 Å². The van der Waals surface area contributed by atoms with Crippen molar-refractivity contribution in [3.63, 3.8) is 0 Å². The Hall–Kier alpha value is -2.21. The summed E-state index contributed by atoms with van der Waals surface area (Å²) in [4.78, 5) is 23.8. The Bertz CT molecular complexity index is 576. The van der Waals surface area contributed by atoms with Crippen LogP contribution in [0.4, 0.5) is 5.82 Å². The van der Waals surface area contributed by atoms with E-state index in [9.17, 15) is 4.79 Å². The molecule has 0 spiro atoms. The summed E-state index contributed by atoms with van der Waals surface area (Å²) in [6.07, 6.45) is 3.06. The number of nitrogens with zero attached hydrogens (tertiary/aromatic N) is 3. The molecule has 19 heavy (non-hydrogen) atoms. The maximum atomic E-state index is 12.0. The number of nitrogens with one attached hydrogen (secondary N) is 2. The smallest absolute Gasteiger partial charge is 0.251 e. The van der Waals surface area contributed by atoms with Crippen molar-refractivity contribution in [2.45, 2.75) is 6.54 Å². The first-order valence-corrected chi connectivity index (χ1v) is 5.95. The fourth-order valence-corrected chi connectivity index (χ4v) is 1.66. The predicted molar refractivity (Wildman–Crippen MR) is 72.0 cm³/mol. The molecule has 0 radical (unpaired) electrons. The zero-order valence-electron chi connectivity index (χ0n) is 10.2. The van der Waals surface area contributed by atoms with Gasteiger partial charge in [0.15, 0.2) is 0 Å². The van der Waals surface area contributed by atoms with Crippen LogP contribution in [0.5, 0.6) is 0 Å². The highest BCUT2D eigenvalue weighted by Gasteiger charge is 2.08. The molecule has 0 fully saturated rings. The molecule has 0 aromatic carbocycles. The molecule has 0 saturated heterocycles. The molecule has 2 heterocycles. The van der Waals surface area contributed by atoms with Crippen molar-refractivity contribution in [1.82, 2.24) is 20.3 Å². The molecular weight excluding hydrogens is 266 g/mol. The van der Waals surface area contributed by atoms with Gasteiger partial charge in [-0.1, -0.05) is 11.6 Å². The van der Waals surface area contributed by atoms with E-state index in [1.165, 1.54) is 12.4 Å². The van der Waals surface area contributed by atoms with E-state index in [-0.39, 0.29) is 11.1 Å². The maximum Gasteiger partial charge on any atom is 0.251 e. The number of amides is 1. The van der Waals surface area contributed by atoms with Crippen LogP contribution in [0, 0.1) is 0 Å². The van der Waals surface area contributed by atoms with Crippen molar-refractivity contribution in [2.24, 2.45) is 0 Å². The van der Waals surface area contributed by atoms with Gasteiger partial charge in [0, 0.05) is 18.8 Å². The van der Waals surface area contributed by atoms with Crippen molar-refractivity contribution in [1.29, 1.82) is 0 Å². The zero-order chi connectivity index (χ0) is 13.7. The lowest BCUT2D eigenvalue weighted by Gasteiger charge is -2.06. The lowest BCUT2D eigenvalue weighted by atomic mass is 10.2. The molecule has 6 nitrogen and oxygen atoms in total. The molecular formula is C12H12ClN5O. The van der Waals surface area contributed by atoms with E-state index < -0.39 is 0 Å². The Labute approximate surface area is 115 Å². The molecule has 2 aromatic rings. The Kier molecular flexibility index (Phi) is 4.25. The first-order chi connectivity index (χ1) is 9.19. The van der Waals surface area contributed by atoms with E-state index in [1.54, 1.807) is 25.4 Å². The fraction of sp³-hybridized carbons (Fsp3) is 0.167. The van der Waals surface area contributed by atoms with E-state index in [0.29, 0.717) is 17.9 Å². The lowest BCUT2D eigenvalue weighted by molar-refractivity contribution is 0.0950. The van der Waals surface area contributed by atoms with E-state index in [0.717, 1.165) is 5.69 Å². The Morgan fingerprint density at radius 3 is 2.95 bits per heavy atom. The van der Waals surface area contributed by atoms with Crippen LogP contribution in [0.15, 0.2) is 30.7 Å². The van der Waals surface area contributed by atoms with Gasteiger partial charge < -0.3 is 10.6 Å². The topological polar surface area (TPSA) is 79.8 Å². The second-order valence-corrected chi connectivity index (χ2v) is 4.08. The minimum atomic E-state index is -0.237. The summed E-state index contributed by atoms with van der Waals surface area (Å²) in [7, 11) is 1.71. The highest BCUT2D eigenvalue weighted by Crippen LogP contribution is 2.14. The van der Waals surface area contributed by atoms with Crippen LogP contribution < -0.4 is 10.6 Å². The third-order valence-corrected chi connectivity index (χ3v) is 2.58. The van der Waals surface area contributed by atoms with Crippen LogP contribution in [0.3, 0.4) is 0 Å². The van der Waals surface area contributed by atoms with Crippen LogP contribution in [0.25, 0.3) is 0 Å². The first-order valence-electron chi connectivity index (χ1n) is 5.57. The van der Waals surface area contributed by atoms with E-state index in [4.69, 9.17) is 11.6 Å². The normalized spacial score (nSPS) is 10.0. The van der Waals surface area contributed by atoms with Gasteiger partial charge in [-0.2, -0.15) is 0 Å². The van der Waals surface area contributed by atoms with Gasteiger partial charge in [-0.3, -0.25) is 4.79 Å². The van der Waals surface area contributed by atoms with Crippen LogP contribution in [0.1, 0.15) is 16.1 Å². The number of halogens is 1. The molecule has 1 amide bonds. The van der Waals surface area contributed by atoms with Crippen LogP contribution in [-0.2, 0) is 6.54 Å². The number of carbonyl (C=O) groups excluding carboxylic acids is 1. The third kappa shape index (κ3) is 3.62. The SMILES string of the molecule is CNc1cc(C(=O)NCc2ccncn2)cc(Cl)n1. The Morgan fingerprint density at radius 2 is 2.26 bits per heavy atom. The first kappa shape index (κ1) is 13.2. The third-order valence-electron chi connectivity index (χ3n) is 2.39. The minimum absolute atomic E-state index is 0.237. The van der Waals surface area contributed by atoms with Crippen molar-refractivity contribution in [3.8, 4) is 0 Å². The second kappa shape index (κ2) is 6.10. The van der Waals surface area contributed by atoms with E-state index in [1.807, 2.05) is 0 Å². The number of aromatic nitrogens is 3. The summed E-state index contributed by atoms with van der Waals surface area (Å²) in [5, 5.41) is 5.85. The maximum absolute atomic E-state index is 12.0. The average Bonchev–Trinajstić information content (AvgIpc) is 2.45. The van der Waals surface area contributed by atoms with Gasteiger partial charge in [-0.25, -0.2) is 15.0 Å². The largest absolute Gasteiger partial charge is 0.373 e. The summed E-state index contributed by atoms with van der Waals surface area (Å²) in [5.74, 6) is 0.305. The second-order valence-electron chi connectivity index (χ2n) is 3.70.